The molecule has 0 fully saturated rings. The number of carbonyl (C=O) groups is 3. The van der Waals surface area contributed by atoms with Crippen LogP contribution in [0.1, 0.15) is 34.6 Å². The van der Waals surface area contributed by atoms with Crippen molar-refractivity contribution in [2.45, 2.75) is 19.4 Å². The Kier molecular flexibility index (Phi) is 4.46. The molecule has 0 bridgehead atoms. The van der Waals surface area contributed by atoms with Crippen LogP contribution in [0.25, 0.3) is 0 Å². The number of ether oxygens (including phenoxy) is 1. The summed E-state index contributed by atoms with van der Waals surface area (Å²) in [6.07, 6.45) is 0. The number of carbonyl (C=O) groups excluding carboxylic acids is 1. The SMILES string of the molecule is COC(C)(C)C(=O)Nc1cc(C(=O)O)cc(C(=O)O)c1. The van der Waals surface area contributed by atoms with Crippen molar-refractivity contribution < 1.29 is 29.3 Å². The zero-order chi connectivity index (χ0) is 15.5. The molecule has 20 heavy (non-hydrogen) atoms. The van der Waals surface area contributed by atoms with Gasteiger partial charge in [0.2, 0.25) is 0 Å². The van der Waals surface area contributed by atoms with Crippen LogP contribution in [-0.2, 0) is 9.53 Å². The standard InChI is InChI=1S/C13H15NO6/c1-13(2,20-3)12(19)14-9-5-7(10(15)16)4-8(6-9)11(17)18/h4-6H,1-3H3,(H,14,19)(H,15,16)(H,17,18). The van der Waals surface area contributed by atoms with Crippen LogP contribution in [0.2, 0.25) is 0 Å². The first kappa shape index (κ1) is 15.6. The molecule has 1 amide bonds. The molecule has 3 N–H and O–H groups in total. The van der Waals surface area contributed by atoms with E-state index in [4.69, 9.17) is 14.9 Å². The van der Waals surface area contributed by atoms with Gasteiger partial charge in [0.1, 0.15) is 5.60 Å². The van der Waals surface area contributed by atoms with Gasteiger partial charge in [-0.25, -0.2) is 9.59 Å². The Morgan fingerprint density at radius 1 is 1.05 bits per heavy atom. The van der Waals surface area contributed by atoms with Crippen LogP contribution in [-0.4, -0.2) is 40.8 Å². The number of methoxy groups -OCH3 is 1. The zero-order valence-electron chi connectivity index (χ0n) is 11.3. The highest BCUT2D eigenvalue weighted by Gasteiger charge is 2.27. The number of amides is 1. The Hall–Kier alpha value is -2.41. The largest absolute Gasteiger partial charge is 0.478 e. The molecule has 0 atom stereocenters. The van der Waals surface area contributed by atoms with Gasteiger partial charge in [-0.2, -0.15) is 0 Å². The Labute approximate surface area is 115 Å². The van der Waals surface area contributed by atoms with Crippen LogP contribution in [0, 0.1) is 0 Å². The number of aromatic carboxylic acids is 2. The lowest BCUT2D eigenvalue weighted by molar-refractivity contribution is -0.133. The van der Waals surface area contributed by atoms with Crippen molar-refractivity contribution in [2.24, 2.45) is 0 Å². The van der Waals surface area contributed by atoms with Crippen molar-refractivity contribution in [3.8, 4) is 0 Å². The summed E-state index contributed by atoms with van der Waals surface area (Å²) >= 11 is 0. The van der Waals surface area contributed by atoms with Crippen LogP contribution in [0.5, 0.6) is 0 Å². The number of benzene rings is 1. The van der Waals surface area contributed by atoms with Gasteiger partial charge in [0.15, 0.2) is 0 Å². The predicted octanol–water partition coefficient (Wildman–Crippen LogP) is 1.45. The van der Waals surface area contributed by atoms with E-state index in [9.17, 15) is 14.4 Å². The molecule has 1 aromatic carbocycles. The van der Waals surface area contributed by atoms with Crippen LogP contribution in [0.4, 0.5) is 5.69 Å². The molecule has 0 saturated heterocycles. The monoisotopic (exact) mass is 281 g/mol. The first-order valence-electron chi connectivity index (χ1n) is 5.65. The number of hydrogen-bond acceptors (Lipinski definition) is 4. The van der Waals surface area contributed by atoms with E-state index in [0.29, 0.717) is 0 Å². The van der Waals surface area contributed by atoms with Crippen LogP contribution in [0.15, 0.2) is 18.2 Å². The molecule has 0 aromatic heterocycles. The minimum absolute atomic E-state index is 0.0809. The number of carboxylic acids is 2. The third-order valence-electron chi connectivity index (χ3n) is 2.74. The lowest BCUT2D eigenvalue weighted by Crippen LogP contribution is -2.38. The first-order chi connectivity index (χ1) is 9.17. The van der Waals surface area contributed by atoms with Gasteiger partial charge >= 0.3 is 11.9 Å². The summed E-state index contributed by atoms with van der Waals surface area (Å²) < 4.78 is 4.98. The normalized spacial score (nSPS) is 10.9. The van der Waals surface area contributed by atoms with Gasteiger partial charge in [0.05, 0.1) is 11.1 Å². The number of carboxylic acid groups (broad SMARTS) is 2. The smallest absolute Gasteiger partial charge is 0.335 e. The molecule has 1 aromatic rings. The molecule has 7 heteroatoms. The number of anilines is 1. The minimum Gasteiger partial charge on any atom is -0.478 e. The molecule has 1 rings (SSSR count). The van der Waals surface area contributed by atoms with E-state index >= 15 is 0 Å². The summed E-state index contributed by atoms with van der Waals surface area (Å²) in [5.74, 6) is -3.08. The summed E-state index contributed by atoms with van der Waals surface area (Å²) in [5.41, 5.74) is -1.49. The van der Waals surface area contributed by atoms with Gasteiger partial charge in [0, 0.05) is 12.8 Å². The topological polar surface area (TPSA) is 113 Å². The summed E-state index contributed by atoms with van der Waals surface area (Å²) in [5, 5.41) is 20.3. The maximum atomic E-state index is 11.9. The van der Waals surface area contributed by atoms with Gasteiger partial charge in [-0.3, -0.25) is 4.79 Å². The molecule has 0 aliphatic heterocycles. The lowest BCUT2D eigenvalue weighted by Gasteiger charge is -2.21. The Morgan fingerprint density at radius 2 is 1.50 bits per heavy atom. The number of nitrogens with one attached hydrogen (secondary N) is 1. The van der Waals surface area contributed by atoms with E-state index in [1.54, 1.807) is 0 Å². The van der Waals surface area contributed by atoms with Crippen molar-refractivity contribution in [3.05, 3.63) is 29.3 Å². The third kappa shape index (κ3) is 3.55. The van der Waals surface area contributed by atoms with E-state index in [-0.39, 0.29) is 16.8 Å². The van der Waals surface area contributed by atoms with Crippen LogP contribution >= 0.6 is 0 Å². The summed E-state index contributed by atoms with van der Waals surface area (Å²) in [6, 6.07) is 3.37. The molecule has 0 saturated carbocycles. The quantitative estimate of drug-likeness (QED) is 0.752. The Balaban J connectivity index is 3.15. The fourth-order valence-electron chi connectivity index (χ4n) is 1.32. The van der Waals surface area contributed by atoms with E-state index in [0.717, 1.165) is 6.07 Å². The molecule has 108 valence electrons. The Bertz CT molecular complexity index is 532. The molecule has 0 heterocycles. The third-order valence-corrected chi connectivity index (χ3v) is 2.74. The van der Waals surface area contributed by atoms with Gasteiger partial charge in [-0.15, -0.1) is 0 Å². The zero-order valence-corrected chi connectivity index (χ0v) is 11.3. The van der Waals surface area contributed by atoms with Crippen molar-refractivity contribution in [1.82, 2.24) is 0 Å². The predicted molar refractivity (Wildman–Crippen MR) is 70.1 cm³/mol. The van der Waals surface area contributed by atoms with Crippen LogP contribution in [0.3, 0.4) is 0 Å². The van der Waals surface area contributed by atoms with Gasteiger partial charge in [0.25, 0.3) is 5.91 Å². The molecule has 0 radical (unpaired) electrons. The summed E-state index contributed by atoms with van der Waals surface area (Å²) in [6.45, 7) is 3.06. The van der Waals surface area contributed by atoms with E-state index in [1.165, 1.54) is 33.1 Å². The fraction of sp³-hybridized carbons (Fsp3) is 0.308. The second-order valence-corrected chi connectivity index (χ2v) is 4.58. The highest BCUT2D eigenvalue weighted by atomic mass is 16.5. The Morgan fingerprint density at radius 3 is 1.85 bits per heavy atom. The highest BCUT2D eigenvalue weighted by Crippen LogP contribution is 2.18. The summed E-state index contributed by atoms with van der Waals surface area (Å²) in [4.78, 5) is 33.8. The highest BCUT2D eigenvalue weighted by molar-refractivity contribution is 6.00. The molecule has 0 spiro atoms. The molecular formula is C13H15NO6. The molecule has 7 nitrogen and oxygen atoms in total. The first-order valence-corrected chi connectivity index (χ1v) is 5.65. The van der Waals surface area contributed by atoms with Crippen molar-refractivity contribution in [2.75, 3.05) is 12.4 Å². The maximum absolute atomic E-state index is 11.9. The van der Waals surface area contributed by atoms with E-state index in [1.807, 2.05) is 0 Å². The average Bonchev–Trinajstić information content (AvgIpc) is 2.38. The van der Waals surface area contributed by atoms with E-state index < -0.39 is 23.4 Å². The van der Waals surface area contributed by atoms with Crippen molar-refractivity contribution >= 4 is 23.5 Å². The lowest BCUT2D eigenvalue weighted by atomic mass is 10.1. The van der Waals surface area contributed by atoms with Gasteiger partial charge in [-0.1, -0.05) is 0 Å². The maximum Gasteiger partial charge on any atom is 0.335 e. The molecular weight excluding hydrogens is 266 g/mol. The average molecular weight is 281 g/mol. The second kappa shape index (κ2) is 5.70. The van der Waals surface area contributed by atoms with Gasteiger partial charge < -0.3 is 20.3 Å². The summed E-state index contributed by atoms with van der Waals surface area (Å²) in [7, 11) is 1.36. The second-order valence-electron chi connectivity index (χ2n) is 4.58. The molecule has 0 unspecified atom stereocenters. The van der Waals surface area contributed by atoms with Crippen molar-refractivity contribution in [1.29, 1.82) is 0 Å². The molecule has 0 aliphatic rings. The minimum atomic E-state index is -1.28. The fourth-order valence-corrected chi connectivity index (χ4v) is 1.32. The number of hydrogen-bond donors (Lipinski definition) is 3. The van der Waals surface area contributed by atoms with Crippen LogP contribution < -0.4 is 5.32 Å². The molecule has 0 aliphatic carbocycles. The van der Waals surface area contributed by atoms with Gasteiger partial charge in [-0.05, 0) is 32.0 Å². The van der Waals surface area contributed by atoms with E-state index in [2.05, 4.69) is 5.32 Å². The number of rotatable bonds is 5. The van der Waals surface area contributed by atoms with Crippen molar-refractivity contribution in [3.63, 3.8) is 0 Å².